The predicted molar refractivity (Wildman–Crippen MR) is 115 cm³/mol. The largest absolute Gasteiger partial charge is 0.345 e. The van der Waals surface area contributed by atoms with Crippen LogP contribution in [0.4, 0.5) is 0 Å². The first kappa shape index (κ1) is 18.9. The fourth-order valence-corrected chi connectivity index (χ4v) is 7.35. The molecule has 0 saturated heterocycles. The van der Waals surface area contributed by atoms with Crippen molar-refractivity contribution in [3.05, 3.63) is 75.1 Å². The van der Waals surface area contributed by atoms with E-state index in [1.807, 2.05) is 12.1 Å². The summed E-state index contributed by atoms with van der Waals surface area (Å²) in [6.45, 7) is 0. The molecule has 29 heavy (non-hydrogen) atoms. The van der Waals surface area contributed by atoms with Crippen molar-refractivity contribution >= 4 is 38.7 Å². The van der Waals surface area contributed by atoms with Gasteiger partial charge in [-0.1, -0.05) is 41.9 Å². The second-order valence-electron chi connectivity index (χ2n) is 7.48. The Morgan fingerprint density at radius 2 is 1.93 bits per heavy atom. The summed E-state index contributed by atoms with van der Waals surface area (Å²) >= 11 is 7.35. The highest BCUT2D eigenvalue weighted by atomic mass is 35.5. The number of halogens is 1. The Labute approximate surface area is 178 Å². The Hall–Kier alpha value is -2.15. The monoisotopic (exact) mass is 443 g/mol. The number of hydrogen-bond acceptors (Lipinski definition) is 4. The maximum atomic E-state index is 13.0. The van der Waals surface area contributed by atoms with E-state index in [0.717, 1.165) is 24.1 Å². The van der Waals surface area contributed by atoms with Crippen LogP contribution in [-0.4, -0.2) is 14.3 Å². The lowest BCUT2D eigenvalue weighted by Crippen LogP contribution is -2.30. The lowest BCUT2D eigenvalue weighted by atomic mass is 9.88. The molecule has 1 amide bonds. The molecule has 2 aromatic carbocycles. The molecule has 0 saturated carbocycles. The van der Waals surface area contributed by atoms with E-state index < -0.39 is 9.84 Å². The summed E-state index contributed by atoms with van der Waals surface area (Å²) in [7, 11) is -3.47. The molecule has 7 heteroatoms. The number of rotatable bonds is 2. The van der Waals surface area contributed by atoms with Crippen molar-refractivity contribution in [3.8, 4) is 10.4 Å². The molecule has 0 bridgehead atoms. The van der Waals surface area contributed by atoms with Crippen LogP contribution in [0.25, 0.3) is 10.4 Å². The van der Waals surface area contributed by atoms with Gasteiger partial charge in [-0.25, -0.2) is 8.42 Å². The van der Waals surface area contributed by atoms with Crippen LogP contribution in [0.1, 0.15) is 45.2 Å². The van der Waals surface area contributed by atoms with Gasteiger partial charge in [0, 0.05) is 15.5 Å². The molecule has 0 unspecified atom stereocenters. The molecule has 0 radical (unpaired) electrons. The van der Waals surface area contributed by atoms with Gasteiger partial charge < -0.3 is 5.32 Å². The highest BCUT2D eigenvalue weighted by Gasteiger charge is 2.31. The number of carbonyl (C=O) groups is 1. The molecule has 0 fully saturated rings. The summed E-state index contributed by atoms with van der Waals surface area (Å²) in [4.78, 5) is 14.6. The SMILES string of the molecule is O=C(N[C@H]1CCCc2ccccc21)c1cc2c(s1)-c1ccc(Cl)cc1S(=O)(=O)C2. The third-order valence-electron chi connectivity index (χ3n) is 5.58. The van der Waals surface area contributed by atoms with Crippen LogP contribution in [0.2, 0.25) is 5.02 Å². The Bertz CT molecular complexity index is 1250. The van der Waals surface area contributed by atoms with Gasteiger partial charge >= 0.3 is 0 Å². The number of carbonyl (C=O) groups excluding carboxylic acids is 1. The first-order chi connectivity index (χ1) is 13.9. The average molecular weight is 444 g/mol. The van der Waals surface area contributed by atoms with Gasteiger partial charge in [-0.3, -0.25) is 4.79 Å². The van der Waals surface area contributed by atoms with E-state index >= 15 is 0 Å². The summed E-state index contributed by atoms with van der Waals surface area (Å²) in [5, 5.41) is 3.55. The number of aryl methyl sites for hydroxylation is 1. The van der Waals surface area contributed by atoms with Crippen LogP contribution < -0.4 is 5.32 Å². The van der Waals surface area contributed by atoms with Crippen molar-refractivity contribution in [2.24, 2.45) is 0 Å². The summed E-state index contributed by atoms with van der Waals surface area (Å²) in [5.74, 6) is -0.259. The molecule has 3 aromatic rings. The maximum absolute atomic E-state index is 13.0. The second kappa shape index (κ2) is 6.97. The highest BCUT2D eigenvalue weighted by molar-refractivity contribution is 7.91. The Morgan fingerprint density at radius 3 is 2.79 bits per heavy atom. The van der Waals surface area contributed by atoms with E-state index in [1.54, 1.807) is 18.2 Å². The molecule has 0 spiro atoms. The van der Waals surface area contributed by atoms with Crippen LogP contribution in [0.3, 0.4) is 0 Å². The molecule has 5 rings (SSSR count). The van der Waals surface area contributed by atoms with Gasteiger partial charge in [0.25, 0.3) is 5.91 Å². The molecule has 148 valence electrons. The fraction of sp³-hybridized carbons (Fsp3) is 0.227. The molecule has 1 atom stereocenters. The summed E-state index contributed by atoms with van der Waals surface area (Å²) in [6.07, 6.45) is 2.98. The van der Waals surface area contributed by atoms with Crippen molar-refractivity contribution in [2.75, 3.05) is 0 Å². The Kier molecular flexibility index (Phi) is 4.53. The maximum Gasteiger partial charge on any atom is 0.261 e. The molecule has 2 aliphatic rings. The molecular weight excluding hydrogens is 426 g/mol. The van der Waals surface area contributed by atoms with Crippen molar-refractivity contribution < 1.29 is 13.2 Å². The quantitative estimate of drug-likeness (QED) is 0.594. The summed E-state index contributed by atoms with van der Waals surface area (Å²) < 4.78 is 25.3. The molecule has 2 heterocycles. The smallest absolute Gasteiger partial charge is 0.261 e. The van der Waals surface area contributed by atoms with E-state index in [-0.39, 0.29) is 22.6 Å². The van der Waals surface area contributed by atoms with Crippen molar-refractivity contribution in [2.45, 2.75) is 36.0 Å². The number of nitrogens with one attached hydrogen (secondary N) is 1. The Morgan fingerprint density at radius 1 is 1.10 bits per heavy atom. The number of fused-ring (bicyclic) bond motifs is 4. The molecule has 4 nitrogen and oxygen atoms in total. The van der Waals surface area contributed by atoms with E-state index in [4.69, 9.17) is 11.6 Å². The summed E-state index contributed by atoms with van der Waals surface area (Å²) in [5.41, 5.74) is 3.77. The lowest BCUT2D eigenvalue weighted by molar-refractivity contribution is 0.0937. The average Bonchev–Trinajstić information content (AvgIpc) is 3.12. The Balaban J connectivity index is 1.48. The molecular formula is C22H18ClNO3S2. The number of amides is 1. The highest BCUT2D eigenvalue weighted by Crippen LogP contribution is 2.43. The van der Waals surface area contributed by atoms with E-state index in [2.05, 4.69) is 17.4 Å². The van der Waals surface area contributed by atoms with Gasteiger partial charge in [-0.05, 0) is 54.2 Å². The first-order valence-corrected chi connectivity index (χ1v) is 12.3. The van der Waals surface area contributed by atoms with Crippen LogP contribution in [0, 0.1) is 0 Å². The van der Waals surface area contributed by atoms with Crippen LogP contribution in [0.15, 0.2) is 53.4 Å². The predicted octanol–water partition coefficient (Wildman–Crippen LogP) is 5.16. The zero-order valence-corrected chi connectivity index (χ0v) is 17.8. The van der Waals surface area contributed by atoms with Crippen molar-refractivity contribution in [1.82, 2.24) is 5.32 Å². The summed E-state index contributed by atoms with van der Waals surface area (Å²) in [6, 6.07) is 14.8. The third kappa shape index (κ3) is 3.29. The molecule has 1 aromatic heterocycles. The molecule has 1 aliphatic carbocycles. The number of sulfone groups is 1. The normalized spacial score (nSPS) is 19.0. The minimum absolute atomic E-state index is 0.0126. The van der Waals surface area contributed by atoms with E-state index in [0.29, 0.717) is 21.0 Å². The topological polar surface area (TPSA) is 63.2 Å². The molecule has 1 N–H and O–H groups in total. The van der Waals surface area contributed by atoms with Gasteiger partial charge in [0.05, 0.1) is 21.6 Å². The number of hydrogen-bond donors (Lipinski definition) is 1. The van der Waals surface area contributed by atoms with Gasteiger partial charge in [0.15, 0.2) is 9.84 Å². The van der Waals surface area contributed by atoms with Gasteiger partial charge in [0.2, 0.25) is 0 Å². The molecule has 1 aliphatic heterocycles. The van der Waals surface area contributed by atoms with Crippen LogP contribution in [0.5, 0.6) is 0 Å². The zero-order chi connectivity index (χ0) is 20.2. The first-order valence-electron chi connectivity index (χ1n) is 9.46. The van der Waals surface area contributed by atoms with E-state index in [1.165, 1.54) is 28.5 Å². The number of thiophene rings is 1. The van der Waals surface area contributed by atoms with Gasteiger partial charge in [-0.2, -0.15) is 0 Å². The van der Waals surface area contributed by atoms with Gasteiger partial charge in [0.1, 0.15) is 0 Å². The number of benzene rings is 2. The minimum atomic E-state index is -3.47. The fourth-order valence-electron chi connectivity index (χ4n) is 4.23. The second-order valence-corrected chi connectivity index (χ2v) is 10.9. The van der Waals surface area contributed by atoms with E-state index in [9.17, 15) is 13.2 Å². The van der Waals surface area contributed by atoms with Gasteiger partial charge in [-0.15, -0.1) is 11.3 Å². The van der Waals surface area contributed by atoms with Crippen LogP contribution >= 0.6 is 22.9 Å². The lowest BCUT2D eigenvalue weighted by Gasteiger charge is -2.26. The standard InChI is InChI=1S/C22H18ClNO3S2/c23-15-8-9-17-20(11-15)29(26,27)12-14-10-19(28-21(14)17)22(25)24-18-7-3-5-13-4-1-2-6-16(13)18/h1-2,4,6,8-11,18H,3,5,7,12H2,(H,24,25)/t18-/m0/s1. The van der Waals surface area contributed by atoms with Crippen molar-refractivity contribution in [1.29, 1.82) is 0 Å². The zero-order valence-electron chi connectivity index (χ0n) is 15.4. The minimum Gasteiger partial charge on any atom is -0.345 e. The van der Waals surface area contributed by atoms with Crippen LogP contribution in [-0.2, 0) is 22.0 Å². The third-order valence-corrected chi connectivity index (χ3v) is 8.72. The van der Waals surface area contributed by atoms with Crippen molar-refractivity contribution in [3.63, 3.8) is 0 Å².